The summed E-state index contributed by atoms with van der Waals surface area (Å²) in [4.78, 5) is 11.3. The first-order valence-electron chi connectivity index (χ1n) is 4.56. The second-order valence-corrected chi connectivity index (χ2v) is 3.03. The molecule has 1 rings (SSSR count). The van der Waals surface area contributed by atoms with Gasteiger partial charge in [0, 0.05) is 20.6 Å². The van der Waals surface area contributed by atoms with Gasteiger partial charge in [-0.05, 0) is 5.56 Å². The van der Waals surface area contributed by atoms with E-state index in [2.05, 4.69) is 5.32 Å². The summed E-state index contributed by atoms with van der Waals surface area (Å²) >= 11 is 0. The predicted octanol–water partition coefficient (Wildman–Crippen LogP) is 0.990. The lowest BCUT2D eigenvalue weighted by atomic mass is 10.1. The van der Waals surface area contributed by atoms with E-state index in [1.165, 1.54) is 0 Å². The molecule has 1 unspecified atom stereocenters. The van der Waals surface area contributed by atoms with E-state index in [0.29, 0.717) is 6.42 Å². The van der Waals surface area contributed by atoms with E-state index in [4.69, 9.17) is 4.74 Å². The first-order chi connectivity index (χ1) is 6.77. The monoisotopic (exact) mass is 193 g/mol. The van der Waals surface area contributed by atoms with E-state index in [1.54, 1.807) is 14.2 Å². The average Bonchev–Trinajstić information content (AvgIpc) is 2.26. The third kappa shape index (κ3) is 2.85. The van der Waals surface area contributed by atoms with Crippen molar-refractivity contribution in [1.29, 1.82) is 0 Å². The number of likely N-dealkylation sites (N-methyl/N-ethyl adjacent to an activating group) is 1. The number of nitrogens with one attached hydrogen (secondary N) is 1. The molecule has 1 aromatic rings. The van der Waals surface area contributed by atoms with Gasteiger partial charge in [0.05, 0.1) is 0 Å². The number of hydrogen-bond acceptors (Lipinski definition) is 2. The number of carbonyl (C=O) groups is 1. The first-order valence-corrected chi connectivity index (χ1v) is 4.56. The van der Waals surface area contributed by atoms with Gasteiger partial charge in [0.2, 0.25) is 5.91 Å². The summed E-state index contributed by atoms with van der Waals surface area (Å²) in [5.41, 5.74) is 1.10. The minimum atomic E-state index is -0.401. The first kappa shape index (κ1) is 10.7. The maximum Gasteiger partial charge on any atom is 0.249 e. The fraction of sp³-hybridized carbons (Fsp3) is 0.364. The summed E-state index contributed by atoms with van der Waals surface area (Å²) in [7, 11) is 3.15. The van der Waals surface area contributed by atoms with Gasteiger partial charge in [-0.1, -0.05) is 30.3 Å². The zero-order valence-electron chi connectivity index (χ0n) is 8.49. The van der Waals surface area contributed by atoms with E-state index in [9.17, 15) is 4.79 Å². The molecule has 0 bridgehead atoms. The summed E-state index contributed by atoms with van der Waals surface area (Å²) in [6.45, 7) is 0. The lowest BCUT2D eigenvalue weighted by Crippen LogP contribution is -2.34. The van der Waals surface area contributed by atoms with Crippen LogP contribution in [0.3, 0.4) is 0 Å². The van der Waals surface area contributed by atoms with Crippen LogP contribution in [0.1, 0.15) is 5.56 Å². The van der Waals surface area contributed by atoms with Crippen LogP contribution in [0.2, 0.25) is 0 Å². The number of carbonyl (C=O) groups excluding carboxylic acids is 1. The van der Waals surface area contributed by atoms with Gasteiger partial charge in [-0.2, -0.15) is 0 Å². The second-order valence-electron chi connectivity index (χ2n) is 3.03. The van der Waals surface area contributed by atoms with Crippen molar-refractivity contribution in [3.8, 4) is 0 Å². The number of hydrogen-bond donors (Lipinski definition) is 1. The van der Waals surface area contributed by atoms with Crippen molar-refractivity contribution in [3.63, 3.8) is 0 Å². The van der Waals surface area contributed by atoms with Crippen molar-refractivity contribution in [2.75, 3.05) is 14.2 Å². The van der Waals surface area contributed by atoms with Gasteiger partial charge in [-0.3, -0.25) is 4.79 Å². The molecule has 0 aliphatic rings. The van der Waals surface area contributed by atoms with Gasteiger partial charge in [0.25, 0.3) is 0 Å². The van der Waals surface area contributed by atoms with Crippen LogP contribution in [-0.2, 0) is 16.0 Å². The molecule has 0 aliphatic heterocycles. The van der Waals surface area contributed by atoms with E-state index < -0.39 is 6.10 Å². The molecule has 14 heavy (non-hydrogen) atoms. The van der Waals surface area contributed by atoms with Crippen molar-refractivity contribution in [2.45, 2.75) is 12.5 Å². The molecule has 0 fully saturated rings. The van der Waals surface area contributed by atoms with E-state index in [0.717, 1.165) is 5.56 Å². The quantitative estimate of drug-likeness (QED) is 0.774. The predicted molar refractivity (Wildman–Crippen MR) is 55.0 cm³/mol. The highest BCUT2D eigenvalue weighted by Crippen LogP contribution is 2.05. The van der Waals surface area contributed by atoms with Crippen molar-refractivity contribution >= 4 is 5.91 Å². The Morgan fingerprint density at radius 1 is 1.43 bits per heavy atom. The van der Waals surface area contributed by atoms with Crippen molar-refractivity contribution in [2.24, 2.45) is 0 Å². The molecule has 0 aromatic heterocycles. The number of amides is 1. The zero-order valence-corrected chi connectivity index (χ0v) is 8.49. The topological polar surface area (TPSA) is 38.3 Å². The molecule has 0 saturated heterocycles. The third-order valence-corrected chi connectivity index (χ3v) is 2.09. The van der Waals surface area contributed by atoms with Gasteiger partial charge >= 0.3 is 0 Å². The van der Waals surface area contributed by atoms with Crippen LogP contribution in [0.15, 0.2) is 30.3 Å². The molecule has 1 aromatic carbocycles. The van der Waals surface area contributed by atoms with Crippen LogP contribution in [-0.4, -0.2) is 26.2 Å². The molecule has 1 atom stereocenters. The highest BCUT2D eigenvalue weighted by molar-refractivity contribution is 5.80. The summed E-state index contributed by atoms with van der Waals surface area (Å²) in [5, 5.41) is 2.57. The average molecular weight is 193 g/mol. The van der Waals surface area contributed by atoms with Gasteiger partial charge in [0.15, 0.2) is 0 Å². The molecule has 0 heterocycles. The molecule has 76 valence electrons. The smallest absolute Gasteiger partial charge is 0.249 e. The molecular formula is C11H15NO2. The Hall–Kier alpha value is -1.35. The van der Waals surface area contributed by atoms with Crippen molar-refractivity contribution < 1.29 is 9.53 Å². The molecule has 3 heteroatoms. The van der Waals surface area contributed by atoms with E-state index in [-0.39, 0.29) is 5.91 Å². The number of rotatable bonds is 4. The SMILES string of the molecule is CNC(=O)C(Cc1ccccc1)OC. The minimum Gasteiger partial charge on any atom is -0.371 e. The summed E-state index contributed by atoms with van der Waals surface area (Å²) in [6.07, 6.45) is 0.208. The summed E-state index contributed by atoms with van der Waals surface area (Å²) < 4.78 is 5.09. The fourth-order valence-electron chi connectivity index (χ4n) is 1.27. The normalized spacial score (nSPS) is 12.1. The largest absolute Gasteiger partial charge is 0.371 e. The lowest BCUT2D eigenvalue weighted by Gasteiger charge is -2.13. The minimum absolute atomic E-state index is 0.0867. The summed E-state index contributed by atoms with van der Waals surface area (Å²) in [5.74, 6) is -0.0867. The van der Waals surface area contributed by atoms with Gasteiger partial charge in [-0.25, -0.2) is 0 Å². The molecule has 1 N–H and O–H groups in total. The van der Waals surface area contributed by atoms with E-state index >= 15 is 0 Å². The molecule has 0 spiro atoms. The Balaban J connectivity index is 2.62. The Bertz CT molecular complexity index is 285. The van der Waals surface area contributed by atoms with Crippen molar-refractivity contribution in [1.82, 2.24) is 5.32 Å². The van der Waals surface area contributed by atoms with Crippen molar-refractivity contribution in [3.05, 3.63) is 35.9 Å². The maximum absolute atomic E-state index is 11.3. The molecule has 0 aliphatic carbocycles. The number of ether oxygens (including phenoxy) is 1. The van der Waals surface area contributed by atoms with E-state index in [1.807, 2.05) is 30.3 Å². The van der Waals surface area contributed by atoms with Gasteiger partial charge in [-0.15, -0.1) is 0 Å². The molecular weight excluding hydrogens is 178 g/mol. The summed E-state index contributed by atoms with van der Waals surface area (Å²) in [6, 6.07) is 9.81. The molecule has 0 radical (unpaired) electrons. The van der Waals surface area contributed by atoms with Crippen LogP contribution in [0.25, 0.3) is 0 Å². The van der Waals surface area contributed by atoms with Crippen LogP contribution in [0.4, 0.5) is 0 Å². The Morgan fingerprint density at radius 3 is 2.57 bits per heavy atom. The van der Waals surface area contributed by atoms with Gasteiger partial charge < -0.3 is 10.1 Å². The second kappa shape index (κ2) is 5.40. The molecule has 0 saturated carbocycles. The lowest BCUT2D eigenvalue weighted by molar-refractivity contribution is -0.130. The molecule has 3 nitrogen and oxygen atoms in total. The third-order valence-electron chi connectivity index (χ3n) is 2.09. The Labute approximate surface area is 84.1 Å². The van der Waals surface area contributed by atoms with Crippen LogP contribution >= 0.6 is 0 Å². The van der Waals surface area contributed by atoms with Crippen LogP contribution in [0, 0.1) is 0 Å². The Kier molecular flexibility index (Phi) is 4.13. The highest BCUT2D eigenvalue weighted by Gasteiger charge is 2.15. The standard InChI is InChI=1S/C11H15NO2/c1-12-11(13)10(14-2)8-9-6-4-3-5-7-9/h3-7,10H,8H2,1-2H3,(H,12,13). The number of benzene rings is 1. The number of methoxy groups -OCH3 is 1. The zero-order chi connectivity index (χ0) is 10.4. The van der Waals surface area contributed by atoms with Crippen LogP contribution < -0.4 is 5.32 Å². The maximum atomic E-state index is 11.3. The highest BCUT2D eigenvalue weighted by atomic mass is 16.5. The van der Waals surface area contributed by atoms with Crippen LogP contribution in [0.5, 0.6) is 0 Å². The molecule has 1 amide bonds. The van der Waals surface area contributed by atoms with Gasteiger partial charge in [0.1, 0.15) is 6.10 Å². The Morgan fingerprint density at radius 2 is 2.07 bits per heavy atom. The fourth-order valence-corrected chi connectivity index (χ4v) is 1.27.